The van der Waals surface area contributed by atoms with Crippen molar-refractivity contribution in [2.75, 3.05) is 20.7 Å². The maximum absolute atomic E-state index is 14.2. The van der Waals surface area contributed by atoms with Crippen LogP contribution in [-0.2, 0) is 14.4 Å². The number of carboxylic acids is 1. The minimum absolute atomic E-state index is 0.0283. The molecule has 4 bridgehead atoms. The van der Waals surface area contributed by atoms with Crippen molar-refractivity contribution in [3.8, 4) is 0 Å². The van der Waals surface area contributed by atoms with Crippen molar-refractivity contribution in [3.05, 3.63) is 40.3 Å². The summed E-state index contributed by atoms with van der Waals surface area (Å²) in [6, 6.07) is 9.02. The number of likely N-dealkylation sites (N-methyl/N-ethyl adjacent to an activating group) is 1. The first-order chi connectivity index (χ1) is 19.8. The number of carboxylic acid groups (broad SMARTS) is 1. The van der Waals surface area contributed by atoms with Crippen LogP contribution in [0.25, 0.3) is 11.0 Å². The molecule has 6 rings (SSSR count). The van der Waals surface area contributed by atoms with Gasteiger partial charge in [-0.3, -0.25) is 14.5 Å². The van der Waals surface area contributed by atoms with Crippen LogP contribution in [0.2, 0.25) is 0 Å². The molecule has 1 N–H and O–H groups in total. The summed E-state index contributed by atoms with van der Waals surface area (Å²) in [6.07, 6.45) is 13.5. The van der Waals surface area contributed by atoms with Crippen molar-refractivity contribution in [2.24, 2.45) is 17.0 Å². The summed E-state index contributed by atoms with van der Waals surface area (Å²) in [6.45, 7) is -0.726. The highest BCUT2D eigenvalue weighted by Crippen LogP contribution is 2.47. The van der Waals surface area contributed by atoms with Crippen LogP contribution >= 0.6 is 0 Å². The third-order valence-electron chi connectivity index (χ3n) is 9.87. The van der Waals surface area contributed by atoms with Crippen molar-refractivity contribution in [1.82, 2.24) is 19.4 Å². The number of carbonyl (C=O) groups excluding carboxylic acids is 1. The van der Waals surface area contributed by atoms with Gasteiger partial charge in [0.15, 0.2) is 11.4 Å². The van der Waals surface area contributed by atoms with E-state index in [4.69, 9.17) is 9.94 Å². The van der Waals surface area contributed by atoms with Gasteiger partial charge in [0.25, 0.3) is 11.5 Å². The predicted molar refractivity (Wildman–Crippen MR) is 155 cm³/mol. The Bertz CT molecular complexity index is 1380. The summed E-state index contributed by atoms with van der Waals surface area (Å²) in [5, 5.41) is 12.8. The van der Waals surface area contributed by atoms with Crippen LogP contribution in [0.5, 0.6) is 0 Å². The number of hydrogen-bond donors (Lipinski definition) is 1. The van der Waals surface area contributed by atoms with Gasteiger partial charge < -0.3 is 19.4 Å². The largest absolute Gasteiger partial charge is 0.479 e. The van der Waals surface area contributed by atoms with Crippen LogP contribution in [0.15, 0.2) is 34.2 Å². The van der Waals surface area contributed by atoms with Gasteiger partial charge >= 0.3 is 5.97 Å². The zero-order chi connectivity index (χ0) is 28.7. The molecule has 4 atom stereocenters. The van der Waals surface area contributed by atoms with E-state index in [9.17, 15) is 14.4 Å². The molecule has 10 nitrogen and oxygen atoms in total. The molecule has 2 aliphatic carbocycles. The van der Waals surface area contributed by atoms with E-state index >= 15 is 0 Å². The van der Waals surface area contributed by atoms with Gasteiger partial charge in [-0.2, -0.15) is 0 Å². The lowest BCUT2D eigenvalue weighted by molar-refractivity contribution is -0.142. The summed E-state index contributed by atoms with van der Waals surface area (Å²) in [7, 11) is 3.09. The molecule has 1 aromatic heterocycles. The van der Waals surface area contributed by atoms with Gasteiger partial charge in [0.2, 0.25) is 6.61 Å². The minimum Gasteiger partial charge on any atom is -0.479 e. The monoisotopic (exact) mass is 563 g/mol. The number of aromatic nitrogens is 2. The van der Waals surface area contributed by atoms with Crippen LogP contribution in [0.1, 0.15) is 82.4 Å². The van der Waals surface area contributed by atoms with E-state index in [1.165, 1.54) is 49.8 Å². The fourth-order valence-electron chi connectivity index (χ4n) is 8.35. The van der Waals surface area contributed by atoms with Gasteiger partial charge in [-0.1, -0.05) is 43.0 Å². The SMILES string of the molecule is CN(C)C(=O)C(=NOCC(=O)O)c1nc2ccccc2n(C2CC3CCCC(C2)N3C2CC3CCCC(C3)C2)c1=O. The fourth-order valence-corrected chi connectivity index (χ4v) is 8.35. The van der Waals surface area contributed by atoms with Crippen molar-refractivity contribution >= 4 is 28.6 Å². The maximum Gasteiger partial charge on any atom is 0.344 e. The average molecular weight is 564 g/mol. The Morgan fingerprint density at radius 2 is 1.61 bits per heavy atom. The lowest BCUT2D eigenvalue weighted by atomic mass is 9.68. The minimum atomic E-state index is -1.23. The molecule has 0 spiro atoms. The summed E-state index contributed by atoms with van der Waals surface area (Å²) in [5.74, 6) is -0.0587. The lowest BCUT2D eigenvalue weighted by Gasteiger charge is -2.55. The van der Waals surface area contributed by atoms with E-state index in [0.29, 0.717) is 23.6 Å². The second-order valence-corrected chi connectivity index (χ2v) is 12.8. The molecule has 4 fully saturated rings. The third kappa shape index (κ3) is 5.50. The molecule has 1 aromatic carbocycles. The Morgan fingerprint density at radius 1 is 0.951 bits per heavy atom. The zero-order valence-corrected chi connectivity index (χ0v) is 24.1. The van der Waals surface area contributed by atoms with Crippen molar-refractivity contribution in [2.45, 2.75) is 94.8 Å². The summed E-state index contributed by atoms with van der Waals surface area (Å²) in [5.41, 5.74) is 0.549. The van der Waals surface area contributed by atoms with Gasteiger partial charge in [-0.25, -0.2) is 9.78 Å². The van der Waals surface area contributed by atoms with Crippen LogP contribution in [0.3, 0.4) is 0 Å². The summed E-state index contributed by atoms with van der Waals surface area (Å²) in [4.78, 5) is 52.1. The maximum atomic E-state index is 14.2. The molecule has 1 amide bonds. The Morgan fingerprint density at radius 3 is 2.27 bits per heavy atom. The number of nitrogens with zero attached hydrogens (tertiary/aromatic N) is 5. The molecular weight excluding hydrogens is 522 g/mol. The molecule has 4 unspecified atom stereocenters. The number of hydrogen-bond acceptors (Lipinski definition) is 7. The average Bonchev–Trinajstić information content (AvgIpc) is 2.94. The molecule has 10 heteroatoms. The second kappa shape index (κ2) is 11.5. The topological polar surface area (TPSA) is 117 Å². The van der Waals surface area contributed by atoms with Gasteiger partial charge in [0.1, 0.15) is 0 Å². The lowest BCUT2D eigenvalue weighted by Crippen LogP contribution is -2.58. The Labute approximate surface area is 240 Å². The van der Waals surface area contributed by atoms with Gasteiger partial charge in [-0.05, 0) is 68.9 Å². The molecule has 2 aliphatic heterocycles. The van der Waals surface area contributed by atoms with E-state index in [1.807, 2.05) is 28.8 Å². The molecule has 2 aromatic rings. The number of para-hydroxylation sites is 2. The number of fused-ring (bicyclic) bond motifs is 5. The van der Waals surface area contributed by atoms with Crippen molar-refractivity contribution in [3.63, 3.8) is 0 Å². The number of aliphatic carboxylic acids is 1. The highest BCUT2D eigenvalue weighted by molar-refractivity contribution is 6.44. The molecular formula is C31H41N5O5. The third-order valence-corrected chi connectivity index (χ3v) is 9.87. The molecule has 2 saturated carbocycles. The standard InChI is InChI=1S/C31H41N5O5/c1-34(2)30(39)29(33-41-18-27(37)38)28-31(40)36(26-12-4-3-11-25(26)32-28)24-16-21-9-6-10-22(17-24)35(21)23-14-19-7-5-8-20(13-19)15-23/h3-4,11-12,19-24H,5-10,13-18H2,1-2H3,(H,37,38). The fraction of sp³-hybridized carbons (Fsp3) is 0.645. The zero-order valence-electron chi connectivity index (χ0n) is 24.1. The summed E-state index contributed by atoms with van der Waals surface area (Å²) < 4.78 is 1.84. The number of amides is 1. The predicted octanol–water partition coefficient (Wildman–Crippen LogP) is 3.82. The van der Waals surface area contributed by atoms with Crippen LogP contribution in [0.4, 0.5) is 0 Å². The number of piperidine rings is 2. The number of carbonyl (C=O) groups is 2. The van der Waals surface area contributed by atoms with Crippen molar-refractivity contribution < 1.29 is 19.5 Å². The van der Waals surface area contributed by atoms with E-state index in [1.54, 1.807) is 14.1 Å². The smallest absolute Gasteiger partial charge is 0.344 e. The van der Waals surface area contributed by atoms with Crippen LogP contribution < -0.4 is 5.56 Å². The number of benzene rings is 1. The first-order valence-electron chi connectivity index (χ1n) is 15.2. The van der Waals surface area contributed by atoms with Gasteiger partial charge in [-0.15, -0.1) is 0 Å². The molecule has 3 heterocycles. The van der Waals surface area contributed by atoms with E-state index < -0.39 is 18.5 Å². The Balaban J connectivity index is 1.37. The molecule has 0 radical (unpaired) electrons. The first kappa shape index (κ1) is 27.9. The first-order valence-corrected chi connectivity index (χ1v) is 15.2. The Hall–Kier alpha value is -3.27. The van der Waals surface area contributed by atoms with Crippen LogP contribution in [0, 0.1) is 11.8 Å². The summed E-state index contributed by atoms with van der Waals surface area (Å²) >= 11 is 0. The second-order valence-electron chi connectivity index (χ2n) is 12.8. The van der Waals surface area contributed by atoms with Gasteiger partial charge in [0, 0.05) is 38.3 Å². The van der Waals surface area contributed by atoms with E-state index in [2.05, 4.69) is 15.0 Å². The quantitative estimate of drug-likeness (QED) is 0.402. The molecule has 4 aliphatic rings. The van der Waals surface area contributed by atoms with E-state index in [0.717, 1.165) is 43.0 Å². The van der Waals surface area contributed by atoms with Crippen molar-refractivity contribution in [1.29, 1.82) is 0 Å². The molecule has 41 heavy (non-hydrogen) atoms. The van der Waals surface area contributed by atoms with Gasteiger partial charge in [0.05, 0.1) is 11.0 Å². The van der Waals surface area contributed by atoms with E-state index in [-0.39, 0.29) is 23.0 Å². The Kier molecular flexibility index (Phi) is 7.85. The molecule has 2 saturated heterocycles. The number of oxime groups is 1. The van der Waals surface area contributed by atoms with Crippen LogP contribution in [-0.4, -0.2) is 80.9 Å². The molecule has 220 valence electrons. The normalized spacial score (nSPS) is 30.1. The highest BCUT2D eigenvalue weighted by Gasteiger charge is 2.45. The highest BCUT2D eigenvalue weighted by atomic mass is 16.6. The number of rotatable bonds is 7.